The van der Waals surface area contributed by atoms with E-state index in [1.165, 1.54) is 24.3 Å². The number of carbonyl (C=O) groups excluding carboxylic acids is 2. The van der Waals surface area contributed by atoms with Gasteiger partial charge in [-0.1, -0.05) is 0 Å². The van der Waals surface area contributed by atoms with Gasteiger partial charge in [-0.2, -0.15) is 0 Å². The summed E-state index contributed by atoms with van der Waals surface area (Å²) in [6.45, 7) is 9.05. The molecule has 6 nitrogen and oxygen atoms in total. The fourth-order valence-corrected chi connectivity index (χ4v) is 2.01. The van der Waals surface area contributed by atoms with Crippen molar-refractivity contribution in [3.63, 3.8) is 0 Å². The Labute approximate surface area is 142 Å². The SMILES string of the molecule is CC(C)(CCC(=O)OC(C)(C)C)NC(=O)c1ccc(C(=O)O)cc1. The Balaban J connectivity index is 2.61. The molecule has 1 rings (SSSR count). The van der Waals surface area contributed by atoms with E-state index in [9.17, 15) is 14.4 Å². The van der Waals surface area contributed by atoms with Crippen molar-refractivity contribution < 1.29 is 24.2 Å². The molecule has 1 amide bonds. The molecule has 0 saturated carbocycles. The van der Waals surface area contributed by atoms with Gasteiger partial charge in [-0.3, -0.25) is 9.59 Å². The number of carboxylic acids is 1. The van der Waals surface area contributed by atoms with Crippen LogP contribution in [0.15, 0.2) is 24.3 Å². The van der Waals surface area contributed by atoms with Gasteiger partial charge in [-0.15, -0.1) is 0 Å². The van der Waals surface area contributed by atoms with Gasteiger partial charge in [0.05, 0.1) is 5.56 Å². The molecule has 0 spiro atoms. The van der Waals surface area contributed by atoms with Gasteiger partial charge in [0, 0.05) is 17.5 Å². The lowest BCUT2D eigenvalue weighted by atomic mass is 9.97. The molecule has 0 aromatic heterocycles. The fourth-order valence-electron chi connectivity index (χ4n) is 2.01. The summed E-state index contributed by atoms with van der Waals surface area (Å²) in [6.07, 6.45) is 0.628. The molecule has 1 aromatic carbocycles. The van der Waals surface area contributed by atoms with Crippen molar-refractivity contribution in [3.05, 3.63) is 35.4 Å². The maximum Gasteiger partial charge on any atom is 0.335 e. The van der Waals surface area contributed by atoms with Gasteiger partial charge >= 0.3 is 11.9 Å². The Morgan fingerprint density at radius 2 is 1.50 bits per heavy atom. The minimum Gasteiger partial charge on any atom is -0.478 e. The van der Waals surface area contributed by atoms with Crippen LogP contribution in [0.25, 0.3) is 0 Å². The van der Waals surface area contributed by atoms with E-state index in [0.717, 1.165) is 0 Å². The predicted octanol–water partition coefficient (Wildman–Crippen LogP) is 3.02. The second kappa shape index (κ2) is 7.47. The number of hydrogen-bond donors (Lipinski definition) is 2. The Bertz CT molecular complexity index is 611. The normalized spacial score (nSPS) is 11.7. The first-order valence-electron chi connectivity index (χ1n) is 7.77. The highest BCUT2D eigenvalue weighted by Gasteiger charge is 2.24. The van der Waals surface area contributed by atoms with Gasteiger partial charge in [-0.05, 0) is 65.3 Å². The average molecular weight is 335 g/mol. The van der Waals surface area contributed by atoms with Gasteiger partial charge in [-0.25, -0.2) is 4.79 Å². The highest BCUT2D eigenvalue weighted by molar-refractivity contribution is 5.96. The zero-order chi connectivity index (χ0) is 18.5. The Morgan fingerprint density at radius 1 is 1.00 bits per heavy atom. The van der Waals surface area contributed by atoms with Crippen molar-refractivity contribution in [3.8, 4) is 0 Å². The number of carbonyl (C=O) groups is 3. The number of aromatic carboxylic acids is 1. The van der Waals surface area contributed by atoms with Crippen LogP contribution in [0.2, 0.25) is 0 Å². The number of carboxylic acid groups (broad SMARTS) is 1. The molecule has 0 saturated heterocycles. The maximum atomic E-state index is 12.2. The minimum absolute atomic E-state index is 0.121. The quantitative estimate of drug-likeness (QED) is 0.780. The number of amides is 1. The van der Waals surface area contributed by atoms with Crippen LogP contribution < -0.4 is 5.32 Å². The lowest BCUT2D eigenvalue weighted by molar-refractivity contribution is -0.155. The van der Waals surface area contributed by atoms with Crippen molar-refractivity contribution >= 4 is 17.8 Å². The van der Waals surface area contributed by atoms with E-state index in [2.05, 4.69) is 5.32 Å². The van der Waals surface area contributed by atoms with Crippen LogP contribution in [0.4, 0.5) is 0 Å². The van der Waals surface area contributed by atoms with E-state index in [1.54, 1.807) is 20.8 Å². The summed E-state index contributed by atoms with van der Waals surface area (Å²) in [6, 6.07) is 5.68. The van der Waals surface area contributed by atoms with Gasteiger partial charge < -0.3 is 15.2 Å². The summed E-state index contributed by atoms with van der Waals surface area (Å²) in [4.78, 5) is 34.8. The summed E-state index contributed by atoms with van der Waals surface area (Å²) < 4.78 is 5.25. The van der Waals surface area contributed by atoms with E-state index in [4.69, 9.17) is 9.84 Å². The molecule has 0 heterocycles. The standard InChI is InChI=1S/C18H25NO5/c1-17(2,3)24-14(20)10-11-18(4,5)19-15(21)12-6-8-13(9-7-12)16(22)23/h6-9H,10-11H2,1-5H3,(H,19,21)(H,22,23). The van der Waals surface area contributed by atoms with Crippen LogP contribution in [0.3, 0.4) is 0 Å². The second-order valence-electron chi connectivity index (χ2n) is 7.31. The summed E-state index contributed by atoms with van der Waals surface area (Å²) in [5, 5.41) is 11.7. The first-order valence-corrected chi connectivity index (χ1v) is 7.77. The number of benzene rings is 1. The highest BCUT2D eigenvalue weighted by Crippen LogP contribution is 2.16. The molecule has 0 radical (unpaired) electrons. The van der Waals surface area contributed by atoms with Crippen molar-refractivity contribution in [2.45, 2.75) is 58.6 Å². The first-order chi connectivity index (χ1) is 10.9. The van der Waals surface area contributed by atoms with Crippen molar-refractivity contribution in [2.24, 2.45) is 0 Å². The lowest BCUT2D eigenvalue weighted by Gasteiger charge is -2.27. The van der Waals surface area contributed by atoms with E-state index in [0.29, 0.717) is 12.0 Å². The summed E-state index contributed by atoms with van der Waals surface area (Å²) in [5.41, 5.74) is -0.642. The third kappa shape index (κ3) is 6.81. The number of esters is 1. The van der Waals surface area contributed by atoms with E-state index in [1.807, 2.05) is 13.8 Å². The summed E-state index contributed by atoms with van der Waals surface area (Å²) in [5.74, 6) is -1.67. The number of nitrogens with one attached hydrogen (secondary N) is 1. The van der Waals surface area contributed by atoms with Crippen LogP contribution in [-0.4, -0.2) is 34.1 Å². The van der Waals surface area contributed by atoms with Crippen LogP contribution in [0, 0.1) is 0 Å². The average Bonchev–Trinajstić information content (AvgIpc) is 2.43. The first kappa shape index (κ1) is 19.7. The van der Waals surface area contributed by atoms with Gasteiger partial charge in [0.25, 0.3) is 5.91 Å². The van der Waals surface area contributed by atoms with Crippen LogP contribution in [0.5, 0.6) is 0 Å². The van der Waals surface area contributed by atoms with Crippen LogP contribution >= 0.6 is 0 Å². The molecule has 0 fully saturated rings. The minimum atomic E-state index is -1.04. The second-order valence-corrected chi connectivity index (χ2v) is 7.31. The number of ether oxygens (including phenoxy) is 1. The van der Waals surface area contributed by atoms with Crippen LogP contribution in [-0.2, 0) is 9.53 Å². The van der Waals surface area contributed by atoms with Crippen molar-refractivity contribution in [2.75, 3.05) is 0 Å². The topological polar surface area (TPSA) is 92.7 Å². The van der Waals surface area contributed by atoms with Crippen molar-refractivity contribution in [1.82, 2.24) is 5.32 Å². The van der Waals surface area contributed by atoms with Gasteiger partial charge in [0.2, 0.25) is 0 Å². The number of rotatable bonds is 6. The van der Waals surface area contributed by atoms with Gasteiger partial charge in [0.15, 0.2) is 0 Å². The zero-order valence-electron chi connectivity index (χ0n) is 14.8. The molecule has 132 valence electrons. The molecular formula is C18H25NO5. The molecule has 0 bridgehead atoms. The molecule has 0 aliphatic rings. The largest absolute Gasteiger partial charge is 0.478 e. The van der Waals surface area contributed by atoms with Gasteiger partial charge in [0.1, 0.15) is 5.60 Å². The molecule has 6 heteroatoms. The van der Waals surface area contributed by atoms with E-state index in [-0.39, 0.29) is 23.9 Å². The highest BCUT2D eigenvalue weighted by atomic mass is 16.6. The lowest BCUT2D eigenvalue weighted by Crippen LogP contribution is -2.44. The predicted molar refractivity (Wildman–Crippen MR) is 90.0 cm³/mol. The maximum absolute atomic E-state index is 12.2. The molecular weight excluding hydrogens is 310 g/mol. The summed E-state index contributed by atoms with van der Waals surface area (Å²) >= 11 is 0. The monoisotopic (exact) mass is 335 g/mol. The molecule has 0 unspecified atom stereocenters. The van der Waals surface area contributed by atoms with E-state index < -0.39 is 17.1 Å². The Kier molecular flexibility index (Phi) is 6.12. The third-order valence-electron chi connectivity index (χ3n) is 3.22. The molecule has 0 aliphatic heterocycles. The fraction of sp³-hybridized carbons (Fsp3) is 0.500. The Morgan fingerprint density at radius 3 is 1.96 bits per heavy atom. The molecule has 24 heavy (non-hydrogen) atoms. The van der Waals surface area contributed by atoms with E-state index >= 15 is 0 Å². The van der Waals surface area contributed by atoms with Crippen molar-refractivity contribution in [1.29, 1.82) is 0 Å². The molecule has 0 aliphatic carbocycles. The summed E-state index contributed by atoms with van der Waals surface area (Å²) in [7, 11) is 0. The third-order valence-corrected chi connectivity index (χ3v) is 3.22. The molecule has 2 N–H and O–H groups in total. The molecule has 0 atom stereocenters. The Hall–Kier alpha value is -2.37. The molecule has 1 aromatic rings. The smallest absolute Gasteiger partial charge is 0.335 e. The number of hydrogen-bond acceptors (Lipinski definition) is 4. The van der Waals surface area contributed by atoms with Crippen LogP contribution in [0.1, 0.15) is 68.2 Å². The zero-order valence-corrected chi connectivity index (χ0v) is 14.8.